The molecule has 3 N–H and O–H groups in total. The highest BCUT2D eigenvalue weighted by Crippen LogP contribution is 2.36. The van der Waals surface area contributed by atoms with Gasteiger partial charge in [0, 0.05) is 52.3 Å². The monoisotopic (exact) mass is 610 g/mol. The molecule has 0 aliphatic rings. The summed E-state index contributed by atoms with van der Waals surface area (Å²) in [6.07, 6.45) is 11.8. The van der Waals surface area contributed by atoms with E-state index in [1.807, 2.05) is 43.3 Å². The molecule has 0 heterocycles. The minimum absolute atomic E-state index is 0.669. The van der Waals surface area contributed by atoms with Crippen LogP contribution < -0.4 is 15.5 Å². The van der Waals surface area contributed by atoms with Crippen LogP contribution in [0.1, 0.15) is 23.6 Å². The Bertz CT molecular complexity index is 1980. The fraction of sp³-hybridized carbons (Fsp3) is 0.0465. The van der Waals surface area contributed by atoms with Gasteiger partial charge in [-0.1, -0.05) is 115 Å². The molecule has 0 spiro atoms. The summed E-state index contributed by atoms with van der Waals surface area (Å²) in [7, 11) is 0. The summed E-state index contributed by atoms with van der Waals surface area (Å²) in [5.74, 6) is 0. The topological polar surface area (TPSA) is 56.4 Å². The maximum absolute atomic E-state index is 7.62. The normalized spacial score (nSPS) is 11.7. The van der Waals surface area contributed by atoms with Crippen molar-refractivity contribution >= 4 is 57.6 Å². The van der Waals surface area contributed by atoms with Crippen molar-refractivity contribution in [2.45, 2.75) is 6.92 Å². The second-order valence-corrected chi connectivity index (χ2v) is 11.3. The zero-order chi connectivity index (χ0) is 32.4. The number of benzene rings is 6. The summed E-state index contributed by atoms with van der Waals surface area (Å²) in [5.41, 5.74) is 15.3. The average Bonchev–Trinajstić information content (AvgIpc) is 3.12. The fourth-order valence-corrected chi connectivity index (χ4v) is 5.69. The Hall–Kier alpha value is -6.13. The first-order valence-electron chi connectivity index (χ1n) is 15.8. The van der Waals surface area contributed by atoms with Gasteiger partial charge in [-0.2, -0.15) is 0 Å². The molecule has 6 aromatic carbocycles. The van der Waals surface area contributed by atoms with E-state index in [0.717, 1.165) is 50.8 Å². The van der Waals surface area contributed by atoms with Crippen molar-refractivity contribution in [2.24, 2.45) is 5.73 Å². The lowest BCUT2D eigenvalue weighted by atomic mass is 10.0. The van der Waals surface area contributed by atoms with Crippen molar-refractivity contribution in [3.8, 4) is 0 Å². The van der Waals surface area contributed by atoms with Gasteiger partial charge in [0.25, 0.3) is 0 Å². The number of nitrogens with two attached hydrogens (primary N) is 1. The molecule has 4 heteroatoms. The first kappa shape index (κ1) is 30.9. The average molecular weight is 611 g/mol. The summed E-state index contributed by atoms with van der Waals surface area (Å²) in [6.45, 7) is 2.55. The fourth-order valence-electron chi connectivity index (χ4n) is 5.69. The molecule has 0 bridgehead atoms. The molecule has 0 aliphatic carbocycles. The number of hydrogen-bond acceptors (Lipinski definition) is 4. The molecule has 47 heavy (non-hydrogen) atoms. The van der Waals surface area contributed by atoms with Crippen molar-refractivity contribution in [3.63, 3.8) is 0 Å². The summed E-state index contributed by atoms with van der Waals surface area (Å²) in [4.78, 5) is 4.57. The van der Waals surface area contributed by atoms with Gasteiger partial charge < -0.3 is 20.9 Å². The third kappa shape index (κ3) is 7.41. The molecule has 4 nitrogen and oxygen atoms in total. The van der Waals surface area contributed by atoms with Gasteiger partial charge in [-0.15, -0.1) is 0 Å². The second kappa shape index (κ2) is 14.8. The van der Waals surface area contributed by atoms with Crippen LogP contribution >= 0.6 is 0 Å². The van der Waals surface area contributed by atoms with E-state index in [2.05, 4.69) is 149 Å². The van der Waals surface area contributed by atoms with Crippen LogP contribution in [-0.4, -0.2) is 12.8 Å². The standard InChI is InChI=1S/C43H38N4/c1-33(45)12-10-11-31-46(37-26-22-35(32-44)23-27-37)43-30-25-36(41-17-8-9-18-42(41)43)24-19-34-20-28-40(29-21-34)47(38-13-4-2-5-14-38)39-15-6-3-7-16-39/h2-30,32,44H,31,45H2,1H3/b11-10-,24-19+,33-12-,44-32?. The van der Waals surface area contributed by atoms with Crippen molar-refractivity contribution in [3.05, 3.63) is 186 Å². The van der Waals surface area contributed by atoms with Gasteiger partial charge in [0.05, 0.1) is 0 Å². The molecular weight excluding hydrogens is 573 g/mol. The van der Waals surface area contributed by atoms with Crippen LogP contribution in [0, 0.1) is 5.41 Å². The summed E-state index contributed by atoms with van der Waals surface area (Å²) in [5, 5.41) is 9.97. The van der Waals surface area contributed by atoms with Crippen molar-refractivity contribution in [1.82, 2.24) is 0 Å². The van der Waals surface area contributed by atoms with E-state index >= 15 is 0 Å². The van der Waals surface area contributed by atoms with Gasteiger partial charge in [-0.05, 0) is 89.7 Å². The molecule has 0 aromatic heterocycles. The van der Waals surface area contributed by atoms with Crippen molar-refractivity contribution in [1.29, 1.82) is 5.41 Å². The number of fused-ring (bicyclic) bond motifs is 1. The number of nitrogens with zero attached hydrogens (tertiary/aromatic N) is 2. The molecule has 0 unspecified atom stereocenters. The van der Waals surface area contributed by atoms with Gasteiger partial charge in [-0.25, -0.2) is 0 Å². The van der Waals surface area contributed by atoms with Gasteiger partial charge in [0.2, 0.25) is 0 Å². The molecule has 0 saturated carbocycles. The van der Waals surface area contributed by atoms with E-state index < -0.39 is 0 Å². The Morgan fingerprint density at radius 3 is 1.77 bits per heavy atom. The van der Waals surface area contributed by atoms with Gasteiger partial charge in [-0.3, -0.25) is 0 Å². The van der Waals surface area contributed by atoms with E-state index in [4.69, 9.17) is 11.1 Å². The molecule has 0 aliphatic heterocycles. The predicted octanol–water partition coefficient (Wildman–Crippen LogP) is 11.0. The predicted molar refractivity (Wildman–Crippen MR) is 202 cm³/mol. The van der Waals surface area contributed by atoms with Crippen LogP contribution in [0.2, 0.25) is 0 Å². The first-order chi connectivity index (χ1) is 23.1. The third-order valence-corrected chi connectivity index (χ3v) is 8.02. The van der Waals surface area contributed by atoms with E-state index in [1.165, 1.54) is 17.0 Å². The number of anilines is 5. The number of rotatable bonds is 11. The molecule has 230 valence electrons. The SMILES string of the molecule is C/C(N)=C/C=C\CN(c1ccc(C=N)cc1)c1ccc(/C=C/c2ccc(N(c3ccccc3)c3ccccc3)cc2)c2ccccc12. The third-order valence-electron chi connectivity index (χ3n) is 8.02. The Morgan fingerprint density at radius 1 is 0.596 bits per heavy atom. The van der Waals surface area contributed by atoms with Gasteiger partial charge in [0.15, 0.2) is 0 Å². The zero-order valence-electron chi connectivity index (χ0n) is 26.5. The number of nitrogens with one attached hydrogen (secondary N) is 1. The van der Waals surface area contributed by atoms with Crippen LogP contribution in [0.5, 0.6) is 0 Å². The zero-order valence-corrected chi connectivity index (χ0v) is 26.5. The highest BCUT2D eigenvalue weighted by molar-refractivity contribution is 6.02. The molecule has 0 amide bonds. The molecule has 0 saturated heterocycles. The second-order valence-electron chi connectivity index (χ2n) is 11.3. The molecule has 0 fully saturated rings. The first-order valence-corrected chi connectivity index (χ1v) is 15.8. The Morgan fingerprint density at radius 2 is 1.15 bits per heavy atom. The lowest BCUT2D eigenvalue weighted by Gasteiger charge is -2.26. The highest BCUT2D eigenvalue weighted by atomic mass is 15.1. The minimum Gasteiger partial charge on any atom is -0.402 e. The molecule has 6 aromatic rings. The Labute approximate surface area is 277 Å². The quantitative estimate of drug-likeness (QED) is 0.0872. The van der Waals surface area contributed by atoms with Crippen LogP contribution in [0.3, 0.4) is 0 Å². The number of para-hydroxylation sites is 2. The molecule has 0 radical (unpaired) electrons. The number of allylic oxidation sites excluding steroid dienone is 3. The van der Waals surface area contributed by atoms with E-state index in [9.17, 15) is 0 Å². The van der Waals surface area contributed by atoms with Crippen LogP contribution in [0.15, 0.2) is 170 Å². The maximum atomic E-state index is 7.62. The summed E-state index contributed by atoms with van der Waals surface area (Å²) in [6, 6.07) is 50.7. The number of hydrogen-bond donors (Lipinski definition) is 2. The molecular formula is C43H38N4. The molecule has 0 atom stereocenters. The summed E-state index contributed by atoms with van der Waals surface area (Å²) >= 11 is 0. The largest absolute Gasteiger partial charge is 0.402 e. The van der Waals surface area contributed by atoms with Gasteiger partial charge >= 0.3 is 0 Å². The van der Waals surface area contributed by atoms with E-state index in [1.54, 1.807) is 0 Å². The van der Waals surface area contributed by atoms with E-state index in [-0.39, 0.29) is 0 Å². The van der Waals surface area contributed by atoms with Gasteiger partial charge in [0.1, 0.15) is 0 Å². The van der Waals surface area contributed by atoms with Crippen LogP contribution in [-0.2, 0) is 0 Å². The molecule has 6 rings (SSSR count). The smallest absolute Gasteiger partial charge is 0.0493 e. The lowest BCUT2D eigenvalue weighted by Crippen LogP contribution is -2.17. The lowest BCUT2D eigenvalue weighted by molar-refractivity contribution is 1.10. The highest BCUT2D eigenvalue weighted by Gasteiger charge is 2.14. The Kier molecular flexibility index (Phi) is 9.70. The Balaban J connectivity index is 1.31. The minimum atomic E-state index is 0.669. The summed E-state index contributed by atoms with van der Waals surface area (Å²) < 4.78 is 0. The van der Waals surface area contributed by atoms with Crippen molar-refractivity contribution < 1.29 is 0 Å². The maximum Gasteiger partial charge on any atom is 0.0493 e. The van der Waals surface area contributed by atoms with Crippen LogP contribution in [0.4, 0.5) is 28.4 Å². The van der Waals surface area contributed by atoms with Crippen molar-refractivity contribution in [2.75, 3.05) is 16.3 Å². The van der Waals surface area contributed by atoms with E-state index in [0.29, 0.717) is 6.54 Å². The van der Waals surface area contributed by atoms with Crippen LogP contribution in [0.25, 0.3) is 22.9 Å².